The molecule has 4 atom stereocenters. The first-order valence-corrected chi connectivity index (χ1v) is 12.0. The van der Waals surface area contributed by atoms with Crippen molar-refractivity contribution in [1.82, 2.24) is 5.32 Å². The zero-order valence-electron chi connectivity index (χ0n) is 17.0. The molecule has 2 amide bonds. The Bertz CT molecular complexity index is 915. The number of rotatable bonds is 5. The molecule has 1 heterocycles. The van der Waals surface area contributed by atoms with Crippen molar-refractivity contribution in [2.24, 2.45) is 23.7 Å². The van der Waals surface area contributed by atoms with Crippen LogP contribution in [0, 0.1) is 23.7 Å². The van der Waals surface area contributed by atoms with E-state index in [4.69, 9.17) is 0 Å². The molecule has 160 valence electrons. The van der Waals surface area contributed by atoms with E-state index in [0.29, 0.717) is 10.6 Å². The number of aryl methyl sites for hydroxylation is 1. The smallest absolute Gasteiger partial charge is 0.307 e. The topological polar surface area (TPSA) is 95.5 Å². The van der Waals surface area contributed by atoms with Gasteiger partial charge in [0.25, 0.3) is 5.91 Å². The predicted octanol–water partition coefficient (Wildman–Crippen LogP) is 3.76. The zero-order valence-corrected chi connectivity index (χ0v) is 17.8. The summed E-state index contributed by atoms with van der Waals surface area (Å²) in [6, 6.07) is 0.216. The van der Waals surface area contributed by atoms with E-state index in [0.717, 1.165) is 63.4 Å². The van der Waals surface area contributed by atoms with Gasteiger partial charge in [-0.1, -0.05) is 25.0 Å². The van der Waals surface area contributed by atoms with E-state index in [9.17, 15) is 19.5 Å². The lowest BCUT2D eigenvalue weighted by Crippen LogP contribution is -2.47. The fourth-order valence-electron chi connectivity index (χ4n) is 5.94. The van der Waals surface area contributed by atoms with Crippen LogP contribution in [0.15, 0.2) is 12.2 Å². The maximum absolute atomic E-state index is 13.3. The van der Waals surface area contributed by atoms with E-state index in [1.54, 1.807) is 0 Å². The van der Waals surface area contributed by atoms with Crippen molar-refractivity contribution in [1.29, 1.82) is 0 Å². The molecule has 30 heavy (non-hydrogen) atoms. The Hall–Kier alpha value is -2.15. The number of anilines is 1. The largest absolute Gasteiger partial charge is 0.481 e. The number of carbonyl (C=O) groups is 3. The molecule has 5 aliphatic carbocycles. The van der Waals surface area contributed by atoms with E-state index in [1.807, 2.05) is 12.2 Å². The predicted molar refractivity (Wildman–Crippen MR) is 115 cm³/mol. The van der Waals surface area contributed by atoms with Crippen LogP contribution in [-0.2, 0) is 22.4 Å². The molecule has 7 heteroatoms. The Morgan fingerprint density at radius 3 is 2.30 bits per heavy atom. The molecule has 0 unspecified atom stereocenters. The van der Waals surface area contributed by atoms with Crippen LogP contribution < -0.4 is 10.6 Å². The van der Waals surface area contributed by atoms with E-state index in [1.165, 1.54) is 16.2 Å². The van der Waals surface area contributed by atoms with Crippen LogP contribution in [0.1, 0.15) is 65.7 Å². The van der Waals surface area contributed by atoms with Crippen LogP contribution in [0.2, 0.25) is 0 Å². The molecule has 3 N–H and O–H groups in total. The minimum absolute atomic E-state index is 0.0429. The van der Waals surface area contributed by atoms with Gasteiger partial charge < -0.3 is 15.7 Å². The molecule has 6 nitrogen and oxygen atoms in total. The number of hydrogen-bond acceptors (Lipinski definition) is 4. The minimum Gasteiger partial charge on any atom is -0.481 e. The number of carboxylic acids is 1. The van der Waals surface area contributed by atoms with Crippen molar-refractivity contribution in [3.63, 3.8) is 0 Å². The number of carboxylic acid groups (broad SMARTS) is 1. The number of thiophene rings is 1. The summed E-state index contributed by atoms with van der Waals surface area (Å²) in [5, 5.41) is 16.6. The number of aliphatic carboxylic acids is 1. The molecule has 5 aliphatic rings. The van der Waals surface area contributed by atoms with Crippen LogP contribution >= 0.6 is 11.3 Å². The van der Waals surface area contributed by atoms with Crippen molar-refractivity contribution < 1.29 is 19.5 Å². The molecule has 6 rings (SSSR count). The third-order valence-electron chi connectivity index (χ3n) is 7.41. The zero-order chi connectivity index (χ0) is 20.8. The summed E-state index contributed by atoms with van der Waals surface area (Å²) in [6.07, 6.45) is 12.8. The number of nitrogens with one attached hydrogen (secondary N) is 2. The van der Waals surface area contributed by atoms with Gasteiger partial charge in [-0.05, 0) is 62.3 Å². The highest BCUT2D eigenvalue weighted by Crippen LogP contribution is 2.46. The van der Waals surface area contributed by atoms with Crippen LogP contribution in [0.4, 0.5) is 5.00 Å². The Kier molecular flexibility index (Phi) is 5.17. The van der Waals surface area contributed by atoms with Crippen molar-refractivity contribution in [2.75, 3.05) is 5.32 Å². The molecular weight excluding hydrogens is 400 g/mol. The van der Waals surface area contributed by atoms with Crippen molar-refractivity contribution >= 4 is 34.1 Å². The van der Waals surface area contributed by atoms with Crippen molar-refractivity contribution in [3.05, 3.63) is 28.2 Å². The van der Waals surface area contributed by atoms with Gasteiger partial charge in [0, 0.05) is 10.9 Å². The van der Waals surface area contributed by atoms with Crippen molar-refractivity contribution in [3.8, 4) is 0 Å². The first-order valence-electron chi connectivity index (χ1n) is 11.2. The van der Waals surface area contributed by atoms with Gasteiger partial charge in [0.2, 0.25) is 5.91 Å². The molecule has 0 aliphatic heterocycles. The van der Waals surface area contributed by atoms with E-state index in [2.05, 4.69) is 10.6 Å². The molecule has 1 aromatic heterocycles. The number of carbonyl (C=O) groups excluding carboxylic acids is 2. The lowest BCUT2D eigenvalue weighted by molar-refractivity contribution is -0.151. The van der Waals surface area contributed by atoms with Gasteiger partial charge in [0.1, 0.15) is 5.00 Å². The van der Waals surface area contributed by atoms with Crippen LogP contribution in [0.5, 0.6) is 0 Å². The molecule has 2 fully saturated rings. The maximum Gasteiger partial charge on any atom is 0.307 e. The van der Waals surface area contributed by atoms with Gasteiger partial charge in [-0.2, -0.15) is 0 Å². The third-order valence-corrected chi connectivity index (χ3v) is 8.62. The third kappa shape index (κ3) is 3.37. The Morgan fingerprint density at radius 1 is 0.933 bits per heavy atom. The lowest BCUT2D eigenvalue weighted by Gasteiger charge is -2.41. The fourth-order valence-corrected chi connectivity index (χ4v) is 7.23. The van der Waals surface area contributed by atoms with E-state index in [-0.39, 0.29) is 29.7 Å². The number of fused-ring (bicyclic) bond motifs is 3. The highest BCUT2D eigenvalue weighted by Gasteiger charge is 2.48. The molecule has 2 bridgehead atoms. The highest BCUT2D eigenvalue weighted by atomic mass is 32.1. The maximum atomic E-state index is 13.3. The number of hydrogen-bond donors (Lipinski definition) is 3. The Labute approximate surface area is 180 Å². The quantitative estimate of drug-likeness (QED) is 0.622. The van der Waals surface area contributed by atoms with E-state index < -0.39 is 17.8 Å². The summed E-state index contributed by atoms with van der Waals surface area (Å²) in [7, 11) is 0. The van der Waals surface area contributed by atoms with Gasteiger partial charge >= 0.3 is 5.97 Å². The lowest BCUT2D eigenvalue weighted by atomic mass is 9.62. The molecule has 2 saturated carbocycles. The van der Waals surface area contributed by atoms with Gasteiger partial charge in [0.05, 0.1) is 17.4 Å². The van der Waals surface area contributed by atoms with Crippen LogP contribution in [0.3, 0.4) is 0 Å². The van der Waals surface area contributed by atoms with Crippen LogP contribution in [0.25, 0.3) is 0 Å². The average Bonchev–Trinajstić information content (AvgIpc) is 3.45. The second-order valence-corrected chi connectivity index (χ2v) is 10.3. The first-order chi connectivity index (χ1) is 14.5. The van der Waals surface area contributed by atoms with Gasteiger partial charge in [-0.15, -0.1) is 11.3 Å². The van der Waals surface area contributed by atoms with Crippen LogP contribution in [-0.4, -0.2) is 28.9 Å². The Balaban J connectivity index is 1.40. The summed E-state index contributed by atoms with van der Waals surface area (Å²) >= 11 is 1.50. The molecule has 1 aromatic rings. The van der Waals surface area contributed by atoms with Crippen molar-refractivity contribution in [2.45, 2.75) is 63.8 Å². The fraction of sp³-hybridized carbons (Fsp3) is 0.609. The SMILES string of the molecule is O=C(NC1CCCC1)c1c(NC(=O)[C@H]2[C@H](C(=O)O)[C@H]3C=C[C@H]2CC3)sc2c1CCC2. The summed E-state index contributed by atoms with van der Waals surface area (Å²) in [4.78, 5) is 39.5. The van der Waals surface area contributed by atoms with Gasteiger partial charge in [0.15, 0.2) is 0 Å². The second-order valence-electron chi connectivity index (χ2n) is 9.19. The van der Waals surface area contributed by atoms with Gasteiger partial charge in [-0.3, -0.25) is 14.4 Å². The van der Waals surface area contributed by atoms with E-state index >= 15 is 0 Å². The summed E-state index contributed by atoms with van der Waals surface area (Å²) in [6.45, 7) is 0. The number of amides is 2. The molecule has 0 spiro atoms. The van der Waals surface area contributed by atoms with Gasteiger partial charge in [-0.25, -0.2) is 0 Å². The molecule has 0 saturated heterocycles. The first kappa shape index (κ1) is 19.8. The molecule has 0 radical (unpaired) electrons. The normalized spacial score (nSPS) is 29.7. The standard InChI is InChI=1S/C23H28N2O4S/c26-20(17-12-8-10-13(11-9-12)18(17)23(28)29)25-22-19(15-6-3-7-16(15)30-22)21(27)24-14-4-1-2-5-14/h8,10,12-14,17-18H,1-7,9,11H2,(H,24,27)(H,25,26)(H,28,29)/t12-,13-,17+,18+/m0/s1. The molecular formula is C23H28N2O4S. The number of allylic oxidation sites excluding steroid dienone is 2. The monoisotopic (exact) mass is 428 g/mol. The summed E-state index contributed by atoms with van der Waals surface area (Å²) in [5.41, 5.74) is 1.70. The average molecular weight is 429 g/mol. The highest BCUT2D eigenvalue weighted by molar-refractivity contribution is 7.17. The molecule has 0 aromatic carbocycles. The summed E-state index contributed by atoms with van der Waals surface area (Å²) < 4.78 is 0. The summed E-state index contributed by atoms with van der Waals surface area (Å²) in [5.74, 6) is -2.62. The Morgan fingerprint density at radius 2 is 1.63 bits per heavy atom. The minimum atomic E-state index is -0.901. The second kappa shape index (κ2) is 7.84.